The fourth-order valence-electron chi connectivity index (χ4n) is 3.82. The minimum atomic E-state index is -3.85. The molecule has 3 aromatic rings. The van der Waals surface area contributed by atoms with Crippen LogP contribution in [0.15, 0.2) is 53.6 Å². The Bertz CT molecular complexity index is 1210. The Hall–Kier alpha value is -3.04. The van der Waals surface area contributed by atoms with Crippen molar-refractivity contribution in [2.75, 3.05) is 43.0 Å². The third-order valence-electron chi connectivity index (χ3n) is 5.26. The predicted octanol–water partition coefficient (Wildman–Crippen LogP) is 1.62. The summed E-state index contributed by atoms with van der Waals surface area (Å²) >= 11 is 0. The largest absolute Gasteiger partial charge is 0.482 e. The zero-order chi connectivity index (χ0) is 20.0. The molecule has 0 spiro atoms. The topological polar surface area (TPSA) is 92.7 Å². The van der Waals surface area contributed by atoms with Gasteiger partial charge in [0.2, 0.25) is 0 Å². The molecule has 150 valence electrons. The molecule has 0 saturated carbocycles. The minimum absolute atomic E-state index is 0.111. The molecular weight excluding hydrogens is 392 g/mol. The van der Waals surface area contributed by atoms with Crippen molar-refractivity contribution in [3.8, 4) is 5.75 Å². The molecule has 2 N–H and O–H groups in total. The van der Waals surface area contributed by atoms with Gasteiger partial charge < -0.3 is 20.3 Å². The van der Waals surface area contributed by atoms with E-state index in [0.717, 1.165) is 37.3 Å². The molecule has 2 aliphatic heterocycles. The molecule has 8 nitrogen and oxygen atoms in total. The summed E-state index contributed by atoms with van der Waals surface area (Å²) in [6, 6.07) is 12.0. The van der Waals surface area contributed by atoms with Crippen molar-refractivity contribution < 1.29 is 17.9 Å². The standard InChI is InChI=1S/C20H20N4O4S/c25-20-13-28-19-11-14(5-6-16(19)22-20)29(26,27)24-12-18(23-9-7-21-8-10-23)15-3-1-2-4-17(15)24/h1-6,11-12,21H,7-10,13H2,(H,22,25). The van der Waals surface area contributed by atoms with E-state index in [1.165, 1.54) is 16.1 Å². The lowest BCUT2D eigenvalue weighted by Crippen LogP contribution is -2.43. The van der Waals surface area contributed by atoms with E-state index in [4.69, 9.17) is 4.74 Å². The first-order chi connectivity index (χ1) is 14.0. The number of fused-ring (bicyclic) bond motifs is 2. The van der Waals surface area contributed by atoms with E-state index in [1.54, 1.807) is 12.3 Å². The van der Waals surface area contributed by atoms with Crippen molar-refractivity contribution in [2.45, 2.75) is 4.90 Å². The maximum absolute atomic E-state index is 13.5. The summed E-state index contributed by atoms with van der Waals surface area (Å²) in [5.74, 6) is 0.0923. The van der Waals surface area contributed by atoms with E-state index in [0.29, 0.717) is 17.0 Å². The molecule has 2 aromatic carbocycles. The van der Waals surface area contributed by atoms with E-state index < -0.39 is 10.0 Å². The minimum Gasteiger partial charge on any atom is -0.482 e. The maximum Gasteiger partial charge on any atom is 0.268 e. The van der Waals surface area contributed by atoms with Crippen LogP contribution in [-0.4, -0.2) is 51.1 Å². The van der Waals surface area contributed by atoms with Crippen molar-refractivity contribution in [2.24, 2.45) is 0 Å². The number of anilines is 2. The van der Waals surface area contributed by atoms with Crippen molar-refractivity contribution in [1.29, 1.82) is 0 Å². The number of benzene rings is 2. The van der Waals surface area contributed by atoms with Gasteiger partial charge in [-0.05, 0) is 18.2 Å². The highest BCUT2D eigenvalue weighted by molar-refractivity contribution is 7.90. The first kappa shape index (κ1) is 18.0. The molecular formula is C20H20N4O4S. The SMILES string of the molecule is O=C1COc2cc(S(=O)(=O)n3cc(N4CCNCC4)c4ccccc43)ccc2N1. The third-order valence-corrected chi connectivity index (χ3v) is 6.93. The Balaban J connectivity index is 1.62. The van der Waals surface area contributed by atoms with Crippen LogP contribution >= 0.6 is 0 Å². The molecule has 29 heavy (non-hydrogen) atoms. The molecule has 1 saturated heterocycles. The van der Waals surface area contributed by atoms with Crippen LogP contribution in [0.25, 0.3) is 10.9 Å². The van der Waals surface area contributed by atoms with Gasteiger partial charge in [0, 0.05) is 43.8 Å². The van der Waals surface area contributed by atoms with Gasteiger partial charge in [0.15, 0.2) is 6.61 Å². The number of nitrogens with one attached hydrogen (secondary N) is 2. The summed E-state index contributed by atoms with van der Waals surface area (Å²) in [5, 5.41) is 6.90. The van der Waals surface area contributed by atoms with Crippen LogP contribution < -0.4 is 20.3 Å². The van der Waals surface area contributed by atoms with Crippen molar-refractivity contribution in [3.05, 3.63) is 48.7 Å². The summed E-state index contributed by atoms with van der Waals surface area (Å²) < 4.78 is 33.7. The number of piperazine rings is 1. The van der Waals surface area contributed by atoms with E-state index in [-0.39, 0.29) is 17.4 Å². The zero-order valence-electron chi connectivity index (χ0n) is 15.6. The number of hydrogen-bond acceptors (Lipinski definition) is 6. The molecule has 0 unspecified atom stereocenters. The van der Waals surface area contributed by atoms with Crippen LogP contribution in [0.5, 0.6) is 5.75 Å². The zero-order valence-corrected chi connectivity index (χ0v) is 16.4. The average molecular weight is 412 g/mol. The predicted molar refractivity (Wildman–Crippen MR) is 110 cm³/mol. The van der Waals surface area contributed by atoms with Crippen LogP contribution in [0.2, 0.25) is 0 Å². The number of nitrogens with zero attached hydrogens (tertiary/aromatic N) is 2. The fraction of sp³-hybridized carbons (Fsp3) is 0.250. The monoisotopic (exact) mass is 412 g/mol. The van der Waals surface area contributed by atoms with Crippen molar-refractivity contribution in [3.63, 3.8) is 0 Å². The highest BCUT2D eigenvalue weighted by Crippen LogP contribution is 2.35. The quantitative estimate of drug-likeness (QED) is 0.679. The number of ether oxygens (including phenoxy) is 1. The molecule has 0 bridgehead atoms. The van der Waals surface area contributed by atoms with Crippen LogP contribution in [0.4, 0.5) is 11.4 Å². The van der Waals surface area contributed by atoms with Gasteiger partial charge in [-0.2, -0.15) is 0 Å². The molecule has 5 rings (SSSR count). The number of para-hydroxylation sites is 1. The molecule has 0 aliphatic carbocycles. The first-order valence-corrected chi connectivity index (χ1v) is 10.9. The van der Waals surface area contributed by atoms with Gasteiger partial charge in [0.05, 0.1) is 21.8 Å². The third kappa shape index (κ3) is 3.02. The Kier molecular flexibility index (Phi) is 4.21. The molecule has 3 heterocycles. The molecule has 0 atom stereocenters. The molecule has 9 heteroatoms. The highest BCUT2D eigenvalue weighted by atomic mass is 32.2. The number of rotatable bonds is 3. The number of aromatic nitrogens is 1. The molecule has 1 amide bonds. The summed E-state index contributed by atoms with van der Waals surface area (Å²) in [6.45, 7) is 3.23. The number of carbonyl (C=O) groups excluding carboxylic acids is 1. The highest BCUT2D eigenvalue weighted by Gasteiger charge is 2.26. The number of hydrogen-bond donors (Lipinski definition) is 2. The molecule has 0 radical (unpaired) electrons. The summed E-state index contributed by atoms with van der Waals surface area (Å²) in [7, 11) is -3.85. The van der Waals surface area contributed by atoms with Crippen molar-refractivity contribution in [1.82, 2.24) is 9.29 Å². The van der Waals surface area contributed by atoms with E-state index in [2.05, 4.69) is 15.5 Å². The van der Waals surface area contributed by atoms with Gasteiger partial charge in [-0.1, -0.05) is 18.2 Å². The van der Waals surface area contributed by atoms with Gasteiger partial charge in [0.1, 0.15) is 5.75 Å². The van der Waals surface area contributed by atoms with Gasteiger partial charge in [-0.15, -0.1) is 0 Å². The Morgan fingerprint density at radius 3 is 2.66 bits per heavy atom. The lowest BCUT2D eigenvalue weighted by molar-refractivity contribution is -0.118. The van der Waals surface area contributed by atoms with Crippen LogP contribution in [0.3, 0.4) is 0 Å². The Labute approximate surface area is 168 Å². The number of carbonyl (C=O) groups is 1. The summed E-state index contributed by atoms with van der Waals surface area (Å²) in [6.07, 6.45) is 1.70. The average Bonchev–Trinajstić information content (AvgIpc) is 3.14. The van der Waals surface area contributed by atoms with Gasteiger partial charge in [-0.3, -0.25) is 4.79 Å². The van der Waals surface area contributed by atoms with Crippen LogP contribution in [-0.2, 0) is 14.8 Å². The molecule has 1 aromatic heterocycles. The molecule has 1 fully saturated rings. The Morgan fingerprint density at radius 1 is 1.03 bits per heavy atom. The normalized spacial score (nSPS) is 17.0. The van der Waals surface area contributed by atoms with Gasteiger partial charge in [-0.25, -0.2) is 12.4 Å². The van der Waals surface area contributed by atoms with E-state index in [1.807, 2.05) is 24.3 Å². The van der Waals surface area contributed by atoms with E-state index >= 15 is 0 Å². The van der Waals surface area contributed by atoms with Crippen LogP contribution in [0.1, 0.15) is 0 Å². The first-order valence-electron chi connectivity index (χ1n) is 9.42. The maximum atomic E-state index is 13.5. The van der Waals surface area contributed by atoms with Crippen molar-refractivity contribution >= 4 is 38.2 Å². The van der Waals surface area contributed by atoms with Gasteiger partial charge in [0.25, 0.3) is 15.9 Å². The summed E-state index contributed by atoms with van der Waals surface area (Å²) in [4.78, 5) is 13.8. The van der Waals surface area contributed by atoms with E-state index in [9.17, 15) is 13.2 Å². The molecule has 2 aliphatic rings. The Morgan fingerprint density at radius 2 is 1.83 bits per heavy atom. The van der Waals surface area contributed by atoms with Gasteiger partial charge >= 0.3 is 0 Å². The lowest BCUT2D eigenvalue weighted by Gasteiger charge is -2.28. The second kappa shape index (κ2) is 6.78. The lowest BCUT2D eigenvalue weighted by atomic mass is 10.2. The summed E-state index contributed by atoms with van der Waals surface area (Å²) in [5.41, 5.74) is 2.01. The second-order valence-electron chi connectivity index (χ2n) is 7.06. The fourth-order valence-corrected chi connectivity index (χ4v) is 5.20. The second-order valence-corrected chi connectivity index (χ2v) is 8.88. The van der Waals surface area contributed by atoms with Crippen LogP contribution in [0, 0.1) is 0 Å². The number of amides is 1. The smallest absolute Gasteiger partial charge is 0.268 e.